The summed E-state index contributed by atoms with van der Waals surface area (Å²) in [5.74, 6) is -0.757. The van der Waals surface area contributed by atoms with Gasteiger partial charge in [-0.2, -0.15) is 0 Å². The van der Waals surface area contributed by atoms with Gasteiger partial charge in [0.1, 0.15) is 11.4 Å². The van der Waals surface area contributed by atoms with Gasteiger partial charge in [-0.15, -0.1) is 11.8 Å². The molecule has 0 bridgehead atoms. The van der Waals surface area contributed by atoms with E-state index in [1.807, 2.05) is 0 Å². The molecule has 7 nitrogen and oxygen atoms in total. The Bertz CT molecular complexity index is 955. The zero-order chi connectivity index (χ0) is 20.4. The Hall–Kier alpha value is -2.29. The number of nitrogens with zero attached hydrogens (tertiary/aromatic N) is 2. The minimum absolute atomic E-state index is 0.107. The smallest absolute Gasteiger partial charge is 0.329 e. The number of thioether (sulfide) groups is 1. The molecule has 0 N–H and O–H groups in total. The van der Waals surface area contributed by atoms with Crippen molar-refractivity contribution in [3.63, 3.8) is 0 Å². The lowest BCUT2D eigenvalue weighted by molar-refractivity contribution is -0.384. The van der Waals surface area contributed by atoms with Crippen LogP contribution in [-0.2, 0) is 9.53 Å². The van der Waals surface area contributed by atoms with Crippen molar-refractivity contribution in [2.75, 3.05) is 12.9 Å². The van der Waals surface area contributed by atoms with Crippen LogP contribution in [0.2, 0.25) is 10.0 Å². The van der Waals surface area contributed by atoms with Crippen molar-refractivity contribution in [3.8, 4) is 0 Å². The molecule has 0 radical (unpaired) electrons. The number of hydrogen-bond acceptors (Lipinski definition) is 6. The Kier molecular flexibility index (Phi) is 6.12. The monoisotopic (exact) mass is 440 g/mol. The zero-order valence-electron chi connectivity index (χ0n) is 14.5. The highest BCUT2D eigenvalue weighted by atomic mass is 35.5. The van der Waals surface area contributed by atoms with Gasteiger partial charge in [-0.05, 0) is 23.8 Å². The highest BCUT2D eigenvalue weighted by Crippen LogP contribution is 2.43. The van der Waals surface area contributed by atoms with Crippen LogP contribution in [0.1, 0.15) is 21.3 Å². The lowest BCUT2D eigenvalue weighted by Crippen LogP contribution is -2.43. The van der Waals surface area contributed by atoms with Crippen LogP contribution in [0.5, 0.6) is 0 Å². The second kappa shape index (κ2) is 8.38. The van der Waals surface area contributed by atoms with E-state index in [1.54, 1.807) is 18.2 Å². The van der Waals surface area contributed by atoms with Crippen LogP contribution in [0.4, 0.5) is 5.69 Å². The van der Waals surface area contributed by atoms with Crippen LogP contribution in [0, 0.1) is 10.1 Å². The molecule has 1 aliphatic rings. The highest BCUT2D eigenvalue weighted by molar-refractivity contribution is 7.99. The van der Waals surface area contributed by atoms with E-state index in [-0.39, 0.29) is 11.3 Å². The first-order valence-corrected chi connectivity index (χ1v) is 9.85. The summed E-state index contributed by atoms with van der Waals surface area (Å²) in [6, 6.07) is 9.51. The van der Waals surface area contributed by atoms with Crippen LogP contribution in [0.25, 0.3) is 0 Å². The maximum Gasteiger partial charge on any atom is 0.329 e. The Morgan fingerprint density at radius 2 is 1.96 bits per heavy atom. The largest absolute Gasteiger partial charge is 0.467 e. The number of non-ortho nitro benzene ring substituents is 1. The van der Waals surface area contributed by atoms with Crippen LogP contribution < -0.4 is 0 Å². The fourth-order valence-electron chi connectivity index (χ4n) is 2.90. The molecule has 2 aromatic rings. The first-order valence-electron chi connectivity index (χ1n) is 8.05. The lowest BCUT2D eigenvalue weighted by Gasteiger charge is -2.28. The number of carbonyl (C=O) groups excluding carboxylic acids is 2. The molecule has 1 aliphatic heterocycles. The maximum absolute atomic E-state index is 13.2. The summed E-state index contributed by atoms with van der Waals surface area (Å²) < 4.78 is 4.84. The molecule has 10 heteroatoms. The molecular formula is C18H14Cl2N2O5S. The molecule has 3 rings (SSSR count). The van der Waals surface area contributed by atoms with E-state index in [2.05, 4.69) is 0 Å². The summed E-state index contributed by atoms with van der Waals surface area (Å²) in [6.45, 7) is 0. The first-order chi connectivity index (χ1) is 13.3. The standard InChI is InChI=1S/C18H14Cl2N2O5S/c1-27-18(24)15-9-28-17(11-5-6-13(19)14(20)8-11)21(15)16(23)10-3-2-4-12(7-10)22(25)26/h2-8,15,17H,9H2,1H3. The van der Waals surface area contributed by atoms with E-state index >= 15 is 0 Å². The number of rotatable bonds is 4. The number of esters is 1. The Morgan fingerprint density at radius 3 is 2.61 bits per heavy atom. The predicted molar refractivity (Wildman–Crippen MR) is 107 cm³/mol. The third kappa shape index (κ3) is 3.94. The van der Waals surface area contributed by atoms with E-state index in [1.165, 1.54) is 48.0 Å². The van der Waals surface area contributed by atoms with E-state index in [4.69, 9.17) is 27.9 Å². The summed E-state index contributed by atoms with van der Waals surface area (Å²) in [5.41, 5.74) is 0.582. The molecule has 1 fully saturated rings. The van der Waals surface area contributed by atoms with Crippen molar-refractivity contribution in [2.24, 2.45) is 0 Å². The van der Waals surface area contributed by atoms with Crippen LogP contribution in [-0.4, -0.2) is 40.6 Å². The summed E-state index contributed by atoms with van der Waals surface area (Å²) in [4.78, 5) is 37.3. The number of nitro groups is 1. The van der Waals surface area contributed by atoms with Crippen LogP contribution in [0.15, 0.2) is 42.5 Å². The van der Waals surface area contributed by atoms with Gasteiger partial charge in [0.25, 0.3) is 11.6 Å². The van der Waals surface area contributed by atoms with Crippen molar-refractivity contribution in [2.45, 2.75) is 11.4 Å². The van der Waals surface area contributed by atoms with Gasteiger partial charge in [-0.3, -0.25) is 14.9 Å². The van der Waals surface area contributed by atoms with E-state index in [9.17, 15) is 19.7 Å². The average Bonchev–Trinajstić information content (AvgIpc) is 3.14. The average molecular weight is 441 g/mol. The molecule has 2 atom stereocenters. The molecule has 0 aromatic heterocycles. The van der Waals surface area contributed by atoms with Crippen LogP contribution in [0.3, 0.4) is 0 Å². The second-order valence-corrected chi connectivity index (χ2v) is 7.85. The number of amides is 1. The van der Waals surface area contributed by atoms with Gasteiger partial charge in [0.2, 0.25) is 0 Å². The SMILES string of the molecule is COC(=O)C1CSC(c2ccc(Cl)c(Cl)c2)N1C(=O)c1cccc([N+](=O)[O-])c1. The summed E-state index contributed by atoms with van der Waals surface area (Å²) in [7, 11) is 1.25. The summed E-state index contributed by atoms with van der Waals surface area (Å²) in [6.07, 6.45) is 0. The fraction of sp³-hybridized carbons (Fsp3) is 0.222. The number of benzene rings is 2. The molecule has 0 aliphatic carbocycles. The Morgan fingerprint density at radius 1 is 1.21 bits per heavy atom. The number of halogens is 2. The number of nitro benzene ring substituents is 1. The van der Waals surface area contributed by atoms with Gasteiger partial charge in [0.15, 0.2) is 0 Å². The van der Waals surface area contributed by atoms with Crippen molar-refractivity contribution in [1.82, 2.24) is 4.90 Å². The molecule has 1 amide bonds. The van der Waals surface area contributed by atoms with E-state index in [0.717, 1.165) is 0 Å². The number of carbonyl (C=O) groups is 2. The molecule has 2 aromatic carbocycles. The predicted octanol–water partition coefficient (Wildman–Crippen LogP) is 4.33. The normalized spacial score (nSPS) is 18.8. The number of methoxy groups -OCH3 is 1. The second-order valence-electron chi connectivity index (χ2n) is 5.92. The van der Waals surface area contributed by atoms with Crippen molar-refractivity contribution < 1.29 is 19.2 Å². The summed E-state index contributed by atoms with van der Waals surface area (Å²) >= 11 is 13.5. The maximum atomic E-state index is 13.2. The molecule has 1 saturated heterocycles. The molecule has 2 unspecified atom stereocenters. The quantitative estimate of drug-likeness (QED) is 0.399. The van der Waals surface area contributed by atoms with Crippen molar-refractivity contribution in [3.05, 3.63) is 73.8 Å². The number of ether oxygens (including phenoxy) is 1. The van der Waals surface area contributed by atoms with Gasteiger partial charge in [-0.1, -0.05) is 35.3 Å². The van der Waals surface area contributed by atoms with Crippen molar-refractivity contribution >= 4 is 52.5 Å². The Balaban J connectivity index is 2.03. The highest BCUT2D eigenvalue weighted by Gasteiger charge is 2.43. The topological polar surface area (TPSA) is 89.8 Å². The lowest BCUT2D eigenvalue weighted by atomic mass is 10.1. The molecule has 28 heavy (non-hydrogen) atoms. The van der Waals surface area contributed by atoms with Crippen molar-refractivity contribution in [1.29, 1.82) is 0 Å². The minimum atomic E-state index is -0.832. The van der Waals surface area contributed by atoms with Crippen LogP contribution >= 0.6 is 35.0 Å². The summed E-state index contributed by atoms with van der Waals surface area (Å²) in [5, 5.41) is 11.2. The number of hydrogen-bond donors (Lipinski definition) is 0. The first kappa shape index (κ1) is 20.4. The third-order valence-corrected chi connectivity index (χ3v) is 6.30. The molecule has 0 saturated carbocycles. The van der Waals surface area contributed by atoms with Gasteiger partial charge >= 0.3 is 5.97 Å². The zero-order valence-corrected chi connectivity index (χ0v) is 16.8. The van der Waals surface area contributed by atoms with Gasteiger partial charge in [-0.25, -0.2) is 4.79 Å². The molecular weight excluding hydrogens is 427 g/mol. The fourth-order valence-corrected chi connectivity index (χ4v) is 4.61. The molecule has 0 spiro atoms. The minimum Gasteiger partial charge on any atom is -0.467 e. The van der Waals surface area contributed by atoms with Gasteiger partial charge < -0.3 is 9.64 Å². The third-order valence-electron chi connectivity index (χ3n) is 4.24. The molecule has 1 heterocycles. The van der Waals surface area contributed by atoms with Gasteiger partial charge in [0.05, 0.1) is 22.1 Å². The molecule has 146 valence electrons. The van der Waals surface area contributed by atoms with Gasteiger partial charge in [0, 0.05) is 23.4 Å². The Labute approximate surface area is 174 Å². The van der Waals surface area contributed by atoms with E-state index in [0.29, 0.717) is 21.4 Å². The van der Waals surface area contributed by atoms with E-state index < -0.39 is 28.2 Å².